The highest BCUT2D eigenvalue weighted by molar-refractivity contribution is 5.84. The monoisotopic (exact) mass is 547 g/mol. The van der Waals surface area contributed by atoms with Crippen molar-refractivity contribution in [3.8, 4) is 11.5 Å². The van der Waals surface area contributed by atoms with E-state index < -0.39 is 29.6 Å². The molecule has 39 heavy (non-hydrogen) atoms. The number of benzene rings is 3. The van der Waals surface area contributed by atoms with Crippen LogP contribution < -0.4 is 9.47 Å². The van der Waals surface area contributed by atoms with Gasteiger partial charge in [0, 0.05) is 11.1 Å². The van der Waals surface area contributed by atoms with Gasteiger partial charge in [0.1, 0.15) is 11.6 Å². The molecule has 9 heteroatoms. The average Bonchev–Trinajstić information content (AvgIpc) is 2.89. The van der Waals surface area contributed by atoms with E-state index in [0.29, 0.717) is 35.8 Å². The second kappa shape index (κ2) is 12.4. The van der Waals surface area contributed by atoms with Crippen LogP contribution in [0.3, 0.4) is 0 Å². The molecule has 0 aliphatic carbocycles. The summed E-state index contributed by atoms with van der Waals surface area (Å²) < 4.78 is 89.2. The van der Waals surface area contributed by atoms with Gasteiger partial charge in [-0.3, -0.25) is 4.98 Å². The van der Waals surface area contributed by atoms with Crippen LogP contribution in [0.25, 0.3) is 10.8 Å². The molecule has 0 bridgehead atoms. The van der Waals surface area contributed by atoms with E-state index >= 15 is 4.39 Å². The molecule has 0 aliphatic rings. The molecule has 0 spiro atoms. The van der Waals surface area contributed by atoms with Gasteiger partial charge in [-0.05, 0) is 78.4 Å². The van der Waals surface area contributed by atoms with Gasteiger partial charge in [-0.15, -0.1) is 13.2 Å². The molecule has 206 valence electrons. The van der Waals surface area contributed by atoms with Crippen molar-refractivity contribution in [2.45, 2.75) is 51.8 Å². The molecule has 3 aromatic carbocycles. The molecule has 0 aliphatic heterocycles. The van der Waals surface area contributed by atoms with Gasteiger partial charge in [0.15, 0.2) is 11.6 Å². The first-order valence-electron chi connectivity index (χ1n) is 12.6. The first-order chi connectivity index (χ1) is 18.6. The van der Waals surface area contributed by atoms with Gasteiger partial charge in [0.2, 0.25) is 5.75 Å². The van der Waals surface area contributed by atoms with Crippen LogP contribution in [-0.4, -0.2) is 18.0 Å². The third kappa shape index (κ3) is 7.65. The average molecular weight is 548 g/mol. The number of aryl methyl sites for hydroxylation is 4. The number of halogens is 6. The number of pyridine rings is 1. The molecular weight excluding hydrogens is 520 g/mol. The maximum absolute atomic E-state index is 15.2. The Morgan fingerprint density at radius 3 is 2.21 bits per heavy atom. The van der Waals surface area contributed by atoms with E-state index in [1.807, 2.05) is 24.3 Å². The Morgan fingerprint density at radius 2 is 1.54 bits per heavy atom. The summed E-state index contributed by atoms with van der Waals surface area (Å²) in [5, 5.41) is 1.13. The Bertz CT molecular complexity index is 1400. The molecule has 0 fully saturated rings. The van der Waals surface area contributed by atoms with E-state index in [-0.39, 0.29) is 18.4 Å². The summed E-state index contributed by atoms with van der Waals surface area (Å²) in [6, 6.07) is 14.2. The lowest BCUT2D eigenvalue weighted by atomic mass is 9.97. The van der Waals surface area contributed by atoms with Crippen LogP contribution in [0.1, 0.15) is 42.1 Å². The standard InChI is InChI=1S/C30H27F6NO2/c1-2-3-14-38-24-12-11-23(37-18-24)10-5-19-6-13-25-22(15-19)9-8-21(28(25)33)7-4-20-16-26(31)29(27(32)17-20)39-30(34,35)36/h6,8-9,11-13,15-18H,2-5,7,10,14H2,1H3. The molecule has 0 N–H and O–H groups in total. The maximum Gasteiger partial charge on any atom is 0.573 e. The number of rotatable bonds is 11. The minimum atomic E-state index is -5.22. The summed E-state index contributed by atoms with van der Waals surface area (Å²) in [5.41, 5.74) is 2.36. The summed E-state index contributed by atoms with van der Waals surface area (Å²) in [6.07, 6.45) is 0.102. The van der Waals surface area contributed by atoms with Crippen LogP contribution >= 0.6 is 0 Å². The van der Waals surface area contributed by atoms with Crippen LogP contribution in [0.15, 0.2) is 60.8 Å². The molecule has 0 amide bonds. The number of ether oxygens (including phenoxy) is 2. The van der Waals surface area contributed by atoms with Crippen molar-refractivity contribution < 1.29 is 35.8 Å². The first kappa shape index (κ1) is 28.3. The number of alkyl halides is 3. The molecule has 3 nitrogen and oxygen atoms in total. The third-order valence-electron chi connectivity index (χ3n) is 6.29. The van der Waals surface area contributed by atoms with Crippen LogP contribution in [0.5, 0.6) is 11.5 Å². The maximum atomic E-state index is 15.2. The molecule has 1 aromatic heterocycles. The van der Waals surface area contributed by atoms with Crippen LogP contribution in [0, 0.1) is 17.5 Å². The third-order valence-corrected chi connectivity index (χ3v) is 6.29. The lowest BCUT2D eigenvalue weighted by Crippen LogP contribution is -2.19. The number of hydrogen-bond donors (Lipinski definition) is 0. The van der Waals surface area contributed by atoms with E-state index in [1.54, 1.807) is 24.4 Å². The van der Waals surface area contributed by atoms with E-state index in [9.17, 15) is 22.0 Å². The van der Waals surface area contributed by atoms with Gasteiger partial charge >= 0.3 is 6.36 Å². The SMILES string of the molecule is CCCCOc1ccc(CCc2ccc3c(F)c(CCc4cc(F)c(OC(F)(F)F)c(F)c4)ccc3c2)nc1. The summed E-state index contributed by atoms with van der Waals surface area (Å²) in [7, 11) is 0. The number of hydrogen-bond acceptors (Lipinski definition) is 3. The van der Waals surface area contributed by atoms with E-state index in [4.69, 9.17) is 4.74 Å². The molecule has 0 atom stereocenters. The topological polar surface area (TPSA) is 31.4 Å². The largest absolute Gasteiger partial charge is 0.573 e. The second-order valence-electron chi connectivity index (χ2n) is 9.22. The van der Waals surface area contributed by atoms with Crippen molar-refractivity contribution in [1.29, 1.82) is 0 Å². The van der Waals surface area contributed by atoms with Crippen molar-refractivity contribution in [2.24, 2.45) is 0 Å². The van der Waals surface area contributed by atoms with Crippen LogP contribution in [0.4, 0.5) is 26.3 Å². The number of unbranched alkanes of at least 4 members (excludes halogenated alkanes) is 1. The van der Waals surface area contributed by atoms with Gasteiger partial charge in [-0.1, -0.05) is 43.7 Å². The molecule has 0 radical (unpaired) electrons. The van der Waals surface area contributed by atoms with Gasteiger partial charge in [-0.2, -0.15) is 0 Å². The van der Waals surface area contributed by atoms with Crippen molar-refractivity contribution in [3.05, 3.63) is 101 Å². The number of fused-ring (bicyclic) bond motifs is 1. The molecule has 1 heterocycles. The fourth-order valence-corrected chi connectivity index (χ4v) is 4.23. The highest BCUT2D eigenvalue weighted by Gasteiger charge is 2.34. The Hall–Kier alpha value is -3.75. The van der Waals surface area contributed by atoms with Gasteiger partial charge in [0.05, 0.1) is 12.8 Å². The highest BCUT2D eigenvalue weighted by atomic mass is 19.4. The predicted molar refractivity (Wildman–Crippen MR) is 136 cm³/mol. The number of aromatic nitrogens is 1. The van der Waals surface area contributed by atoms with E-state index in [1.165, 1.54) is 0 Å². The lowest BCUT2D eigenvalue weighted by molar-refractivity contribution is -0.276. The van der Waals surface area contributed by atoms with Crippen molar-refractivity contribution in [1.82, 2.24) is 4.98 Å². The van der Waals surface area contributed by atoms with Gasteiger partial charge < -0.3 is 9.47 Å². The minimum absolute atomic E-state index is 0.0239. The minimum Gasteiger partial charge on any atom is -0.492 e. The van der Waals surface area contributed by atoms with Crippen molar-refractivity contribution >= 4 is 10.8 Å². The smallest absolute Gasteiger partial charge is 0.492 e. The zero-order valence-corrected chi connectivity index (χ0v) is 21.3. The molecule has 0 saturated carbocycles. The predicted octanol–water partition coefficient (Wildman–Crippen LogP) is 8.30. The Balaban J connectivity index is 1.39. The Morgan fingerprint density at radius 1 is 0.795 bits per heavy atom. The Kier molecular flexibility index (Phi) is 8.99. The lowest BCUT2D eigenvalue weighted by Gasteiger charge is -2.12. The molecular formula is C30H27F6NO2. The van der Waals surface area contributed by atoms with Crippen molar-refractivity contribution in [2.75, 3.05) is 6.61 Å². The van der Waals surface area contributed by atoms with Crippen LogP contribution in [-0.2, 0) is 25.7 Å². The zero-order chi connectivity index (χ0) is 28.0. The fourth-order valence-electron chi connectivity index (χ4n) is 4.23. The Labute approximate surface area is 222 Å². The summed E-state index contributed by atoms with van der Waals surface area (Å²) in [5.74, 6) is -4.16. The molecule has 4 aromatic rings. The fraction of sp³-hybridized carbons (Fsp3) is 0.300. The van der Waals surface area contributed by atoms with E-state index in [0.717, 1.165) is 42.0 Å². The van der Waals surface area contributed by atoms with Crippen LogP contribution in [0.2, 0.25) is 0 Å². The highest BCUT2D eigenvalue weighted by Crippen LogP contribution is 2.30. The van der Waals surface area contributed by atoms with E-state index in [2.05, 4.69) is 16.6 Å². The normalized spacial score (nSPS) is 11.7. The zero-order valence-electron chi connectivity index (χ0n) is 21.3. The first-order valence-corrected chi connectivity index (χ1v) is 12.6. The molecule has 4 rings (SSSR count). The summed E-state index contributed by atoms with van der Waals surface area (Å²) in [4.78, 5) is 4.45. The van der Waals surface area contributed by atoms with Gasteiger partial charge in [0.25, 0.3) is 0 Å². The van der Waals surface area contributed by atoms with Gasteiger partial charge in [-0.25, -0.2) is 13.2 Å². The quantitative estimate of drug-likeness (QED) is 0.140. The number of nitrogens with zero attached hydrogens (tertiary/aromatic N) is 1. The van der Waals surface area contributed by atoms with Crippen molar-refractivity contribution in [3.63, 3.8) is 0 Å². The molecule has 0 unspecified atom stereocenters. The summed E-state index contributed by atoms with van der Waals surface area (Å²) in [6.45, 7) is 2.77. The second-order valence-corrected chi connectivity index (χ2v) is 9.22. The summed E-state index contributed by atoms with van der Waals surface area (Å²) >= 11 is 0. The molecule has 0 saturated heterocycles.